The third-order valence-corrected chi connectivity index (χ3v) is 5.43. The standard InChI is InChI=1S/C16H14ClN3OS/c17-11-3-1-10(2-4-11)14-7-13-15(22-14)16(21)20(9-19-13)12-5-6-18-8-12/h1-4,7,9,12,18H,5-6,8H2. The van der Waals surface area contributed by atoms with Gasteiger partial charge in [0.2, 0.25) is 0 Å². The van der Waals surface area contributed by atoms with Crippen molar-refractivity contribution in [2.24, 2.45) is 0 Å². The molecule has 112 valence electrons. The molecule has 1 atom stereocenters. The Morgan fingerprint density at radius 1 is 1.32 bits per heavy atom. The summed E-state index contributed by atoms with van der Waals surface area (Å²) in [5, 5.41) is 3.99. The van der Waals surface area contributed by atoms with E-state index in [1.54, 1.807) is 10.9 Å². The molecule has 1 aromatic carbocycles. The summed E-state index contributed by atoms with van der Waals surface area (Å²) in [5.74, 6) is 0. The van der Waals surface area contributed by atoms with E-state index in [0.717, 1.165) is 40.2 Å². The zero-order chi connectivity index (χ0) is 15.1. The summed E-state index contributed by atoms with van der Waals surface area (Å²) in [7, 11) is 0. The van der Waals surface area contributed by atoms with Gasteiger partial charge in [-0.2, -0.15) is 0 Å². The second kappa shape index (κ2) is 5.50. The van der Waals surface area contributed by atoms with Crippen molar-refractivity contribution in [2.45, 2.75) is 12.5 Å². The van der Waals surface area contributed by atoms with Gasteiger partial charge in [0.05, 0.1) is 17.9 Å². The average molecular weight is 332 g/mol. The number of halogens is 1. The summed E-state index contributed by atoms with van der Waals surface area (Å²) in [5.41, 5.74) is 1.88. The van der Waals surface area contributed by atoms with Crippen LogP contribution in [0.2, 0.25) is 5.02 Å². The van der Waals surface area contributed by atoms with Crippen LogP contribution in [0, 0.1) is 0 Å². The van der Waals surface area contributed by atoms with E-state index >= 15 is 0 Å². The average Bonchev–Trinajstić information content (AvgIpc) is 3.17. The van der Waals surface area contributed by atoms with E-state index < -0.39 is 0 Å². The zero-order valence-electron chi connectivity index (χ0n) is 11.8. The lowest BCUT2D eigenvalue weighted by Gasteiger charge is -2.11. The predicted octanol–water partition coefficient (Wildman–Crippen LogP) is 3.31. The molecular formula is C16H14ClN3OS. The van der Waals surface area contributed by atoms with E-state index in [1.807, 2.05) is 30.3 Å². The second-order valence-electron chi connectivity index (χ2n) is 5.44. The molecule has 6 heteroatoms. The fraction of sp³-hybridized carbons (Fsp3) is 0.250. The molecule has 0 saturated carbocycles. The normalized spacial score (nSPS) is 18.1. The first-order valence-electron chi connectivity index (χ1n) is 7.20. The molecule has 1 aliphatic rings. The monoisotopic (exact) mass is 331 g/mol. The minimum atomic E-state index is 0.0592. The number of hydrogen-bond acceptors (Lipinski definition) is 4. The van der Waals surface area contributed by atoms with Crippen molar-refractivity contribution in [2.75, 3.05) is 13.1 Å². The van der Waals surface area contributed by atoms with Crippen LogP contribution in [0.5, 0.6) is 0 Å². The van der Waals surface area contributed by atoms with Crippen LogP contribution in [0.15, 0.2) is 41.5 Å². The molecule has 0 spiro atoms. The highest BCUT2D eigenvalue weighted by Gasteiger charge is 2.19. The molecule has 1 fully saturated rings. The van der Waals surface area contributed by atoms with Gasteiger partial charge < -0.3 is 5.32 Å². The molecule has 4 nitrogen and oxygen atoms in total. The first-order chi connectivity index (χ1) is 10.7. The van der Waals surface area contributed by atoms with Crippen LogP contribution in [0.3, 0.4) is 0 Å². The van der Waals surface area contributed by atoms with Crippen LogP contribution >= 0.6 is 22.9 Å². The summed E-state index contributed by atoms with van der Waals surface area (Å²) >= 11 is 7.42. The molecule has 3 heterocycles. The van der Waals surface area contributed by atoms with Gasteiger partial charge >= 0.3 is 0 Å². The van der Waals surface area contributed by atoms with Gasteiger partial charge in [-0.1, -0.05) is 23.7 Å². The van der Waals surface area contributed by atoms with Crippen molar-refractivity contribution in [3.63, 3.8) is 0 Å². The molecule has 22 heavy (non-hydrogen) atoms. The summed E-state index contributed by atoms with van der Waals surface area (Å²) in [6.07, 6.45) is 2.66. The third-order valence-electron chi connectivity index (χ3n) is 4.02. The number of rotatable bonds is 2. The maximum atomic E-state index is 12.7. The Kier molecular flexibility index (Phi) is 3.48. The van der Waals surface area contributed by atoms with Gasteiger partial charge in [-0.3, -0.25) is 9.36 Å². The van der Waals surface area contributed by atoms with Crippen LogP contribution in [0.1, 0.15) is 12.5 Å². The molecule has 1 unspecified atom stereocenters. The van der Waals surface area contributed by atoms with Crippen LogP contribution in [-0.4, -0.2) is 22.6 Å². The summed E-state index contributed by atoms with van der Waals surface area (Å²) in [6, 6.07) is 9.83. The number of nitrogens with zero attached hydrogens (tertiary/aromatic N) is 2. The van der Waals surface area contributed by atoms with E-state index in [-0.39, 0.29) is 11.6 Å². The Morgan fingerprint density at radius 3 is 2.86 bits per heavy atom. The van der Waals surface area contributed by atoms with Gasteiger partial charge in [0.15, 0.2) is 0 Å². The van der Waals surface area contributed by atoms with Crippen LogP contribution in [-0.2, 0) is 0 Å². The van der Waals surface area contributed by atoms with Gasteiger partial charge in [-0.25, -0.2) is 4.98 Å². The molecule has 1 saturated heterocycles. The molecule has 0 radical (unpaired) electrons. The highest BCUT2D eigenvalue weighted by Crippen LogP contribution is 2.31. The minimum absolute atomic E-state index is 0.0592. The number of aromatic nitrogens is 2. The van der Waals surface area contributed by atoms with E-state index in [1.165, 1.54) is 11.3 Å². The van der Waals surface area contributed by atoms with Crippen molar-refractivity contribution in [1.82, 2.24) is 14.9 Å². The van der Waals surface area contributed by atoms with Crippen molar-refractivity contribution < 1.29 is 0 Å². The number of thiophene rings is 1. The first kappa shape index (κ1) is 13.9. The zero-order valence-corrected chi connectivity index (χ0v) is 13.3. The number of benzene rings is 1. The van der Waals surface area contributed by atoms with Crippen LogP contribution < -0.4 is 10.9 Å². The van der Waals surface area contributed by atoms with Crippen molar-refractivity contribution >= 4 is 33.2 Å². The molecule has 0 aliphatic carbocycles. The molecular weight excluding hydrogens is 318 g/mol. The van der Waals surface area contributed by atoms with E-state index in [2.05, 4.69) is 10.3 Å². The minimum Gasteiger partial charge on any atom is -0.315 e. The number of fused-ring (bicyclic) bond motifs is 1. The quantitative estimate of drug-likeness (QED) is 0.783. The molecule has 0 amide bonds. The lowest BCUT2D eigenvalue weighted by atomic mass is 10.2. The van der Waals surface area contributed by atoms with E-state index in [9.17, 15) is 4.79 Å². The number of nitrogens with one attached hydrogen (secondary N) is 1. The molecule has 4 rings (SSSR count). The highest BCUT2D eigenvalue weighted by atomic mass is 35.5. The van der Waals surface area contributed by atoms with Gasteiger partial charge in [0.1, 0.15) is 4.70 Å². The smallest absolute Gasteiger partial charge is 0.271 e. The fourth-order valence-corrected chi connectivity index (χ4v) is 4.00. The Morgan fingerprint density at radius 2 is 2.14 bits per heavy atom. The maximum absolute atomic E-state index is 12.7. The Balaban J connectivity index is 1.82. The largest absolute Gasteiger partial charge is 0.315 e. The summed E-state index contributed by atoms with van der Waals surface area (Å²) in [6.45, 7) is 1.79. The molecule has 2 aromatic heterocycles. The van der Waals surface area contributed by atoms with Gasteiger partial charge in [0, 0.05) is 16.4 Å². The number of hydrogen-bond donors (Lipinski definition) is 1. The van der Waals surface area contributed by atoms with E-state index in [4.69, 9.17) is 11.6 Å². The van der Waals surface area contributed by atoms with Crippen molar-refractivity contribution in [3.8, 4) is 10.4 Å². The van der Waals surface area contributed by atoms with Crippen LogP contribution in [0.4, 0.5) is 0 Å². The predicted molar refractivity (Wildman–Crippen MR) is 90.8 cm³/mol. The van der Waals surface area contributed by atoms with Crippen LogP contribution in [0.25, 0.3) is 20.7 Å². The summed E-state index contributed by atoms with van der Waals surface area (Å²) < 4.78 is 2.49. The first-order valence-corrected chi connectivity index (χ1v) is 8.39. The fourth-order valence-electron chi connectivity index (χ4n) is 2.82. The summed E-state index contributed by atoms with van der Waals surface area (Å²) in [4.78, 5) is 18.2. The maximum Gasteiger partial charge on any atom is 0.271 e. The molecule has 1 aliphatic heterocycles. The van der Waals surface area contributed by atoms with Crippen molar-refractivity contribution in [1.29, 1.82) is 0 Å². The highest BCUT2D eigenvalue weighted by molar-refractivity contribution is 7.22. The molecule has 3 aromatic rings. The molecule has 1 N–H and O–H groups in total. The molecule has 0 bridgehead atoms. The van der Waals surface area contributed by atoms with E-state index in [0.29, 0.717) is 5.02 Å². The Labute approximate surface area is 136 Å². The SMILES string of the molecule is O=c1c2sc(-c3ccc(Cl)cc3)cc2ncn1C1CCNC1. The lowest BCUT2D eigenvalue weighted by Crippen LogP contribution is -2.25. The van der Waals surface area contributed by atoms with Gasteiger partial charge in [-0.05, 0) is 36.7 Å². The third kappa shape index (κ3) is 2.35. The topological polar surface area (TPSA) is 46.9 Å². The lowest BCUT2D eigenvalue weighted by molar-refractivity contribution is 0.526. The Hall–Kier alpha value is -1.69. The second-order valence-corrected chi connectivity index (χ2v) is 6.92. The van der Waals surface area contributed by atoms with Gasteiger partial charge in [-0.15, -0.1) is 11.3 Å². The van der Waals surface area contributed by atoms with Crippen molar-refractivity contribution in [3.05, 3.63) is 52.0 Å². The van der Waals surface area contributed by atoms with Gasteiger partial charge in [0.25, 0.3) is 5.56 Å². The Bertz CT molecular complexity index is 879.